The molecule has 0 bridgehead atoms. The van der Waals surface area contributed by atoms with Gasteiger partial charge in [-0.05, 0) is 44.8 Å². The first kappa shape index (κ1) is 34.2. The fourth-order valence-electron chi connectivity index (χ4n) is 5.32. The Balaban J connectivity index is 2.16. The van der Waals surface area contributed by atoms with Crippen LogP contribution in [0.1, 0.15) is 74.1 Å². The molecule has 1 fully saturated rings. The molecular weight excluding hydrogens is 516 g/mol. The number of carbonyl (C=O) groups excluding carboxylic acids is 2. The first-order valence-corrected chi connectivity index (χ1v) is 14.4. The van der Waals surface area contributed by atoms with E-state index in [-0.39, 0.29) is 55.3 Å². The molecule has 11 unspecified atom stereocenters. The van der Waals surface area contributed by atoms with Gasteiger partial charge in [-0.3, -0.25) is 9.59 Å². The van der Waals surface area contributed by atoms with Crippen LogP contribution in [0.5, 0.6) is 0 Å². The molecule has 2 heterocycles. The van der Waals surface area contributed by atoms with E-state index >= 15 is 0 Å². The molecule has 3 N–H and O–H groups in total. The third kappa shape index (κ3) is 9.80. The fourth-order valence-corrected chi connectivity index (χ4v) is 5.32. The van der Waals surface area contributed by atoms with Crippen molar-refractivity contribution in [2.45, 2.75) is 122 Å². The highest BCUT2D eigenvalue weighted by Gasteiger charge is 2.50. The molecule has 0 aromatic carbocycles. The van der Waals surface area contributed by atoms with E-state index in [4.69, 9.17) is 18.9 Å². The van der Waals surface area contributed by atoms with Gasteiger partial charge in [0.2, 0.25) is 0 Å². The summed E-state index contributed by atoms with van der Waals surface area (Å²) in [6, 6.07) is 0. The minimum Gasteiger partial charge on any atom is -0.457 e. The van der Waals surface area contributed by atoms with Gasteiger partial charge >= 0.3 is 11.9 Å². The lowest BCUT2D eigenvalue weighted by Gasteiger charge is -2.32. The number of aliphatic hydroxyl groups is 3. The van der Waals surface area contributed by atoms with E-state index in [0.29, 0.717) is 0 Å². The standard InChI is InChI=1S/C31H50O9/c1-9-24(37-8)21(5)29-30(40-29)27(35)18(2)11-10-12-19(3)28-20(4)13-14-25(38-22(6)32)31(7,36)16-15-23(33)17-26(34)39-28/h10-14,18,20-21,23-25,27-30,33,35-36H,9,15-17H2,1-8H3/b11-10+,14-13?,19-12+. The largest absolute Gasteiger partial charge is 0.457 e. The quantitative estimate of drug-likeness (QED) is 0.157. The van der Waals surface area contributed by atoms with Crippen LogP contribution in [0, 0.1) is 17.8 Å². The number of hydrogen-bond acceptors (Lipinski definition) is 9. The summed E-state index contributed by atoms with van der Waals surface area (Å²) in [7, 11) is 1.69. The fraction of sp³-hybridized carbons (Fsp3) is 0.742. The van der Waals surface area contributed by atoms with Gasteiger partial charge in [-0.15, -0.1) is 0 Å². The van der Waals surface area contributed by atoms with Crippen LogP contribution in [0.15, 0.2) is 36.0 Å². The van der Waals surface area contributed by atoms with Crippen molar-refractivity contribution in [1.82, 2.24) is 0 Å². The van der Waals surface area contributed by atoms with Crippen molar-refractivity contribution < 1.29 is 43.9 Å². The number of esters is 2. The minimum atomic E-state index is -1.42. The number of hydrogen-bond donors (Lipinski definition) is 3. The van der Waals surface area contributed by atoms with Crippen LogP contribution in [0.25, 0.3) is 0 Å². The van der Waals surface area contributed by atoms with Gasteiger partial charge in [0.05, 0.1) is 30.8 Å². The van der Waals surface area contributed by atoms with Gasteiger partial charge in [-0.25, -0.2) is 0 Å². The number of aliphatic hydroxyl groups excluding tert-OH is 2. The van der Waals surface area contributed by atoms with Crippen LogP contribution in [-0.2, 0) is 28.5 Å². The Morgan fingerprint density at radius 3 is 2.52 bits per heavy atom. The number of epoxide rings is 1. The molecule has 1 saturated heterocycles. The maximum absolute atomic E-state index is 12.6. The van der Waals surface area contributed by atoms with Gasteiger partial charge in [0, 0.05) is 31.8 Å². The number of ether oxygens (including phenoxy) is 4. The molecular formula is C31H50O9. The third-order valence-corrected chi connectivity index (χ3v) is 8.09. The maximum atomic E-state index is 12.6. The van der Waals surface area contributed by atoms with Gasteiger partial charge in [-0.2, -0.15) is 0 Å². The third-order valence-electron chi connectivity index (χ3n) is 8.09. The summed E-state index contributed by atoms with van der Waals surface area (Å²) in [6.45, 7) is 12.6. The Labute approximate surface area is 239 Å². The monoisotopic (exact) mass is 566 g/mol. The Hall–Kier alpha value is -2.04. The van der Waals surface area contributed by atoms with Gasteiger partial charge in [0.15, 0.2) is 0 Å². The lowest BCUT2D eigenvalue weighted by Crippen LogP contribution is -2.42. The highest BCUT2D eigenvalue weighted by atomic mass is 16.6. The van der Waals surface area contributed by atoms with E-state index < -0.39 is 42.0 Å². The van der Waals surface area contributed by atoms with Crippen LogP contribution in [0.3, 0.4) is 0 Å². The van der Waals surface area contributed by atoms with Crippen molar-refractivity contribution >= 4 is 11.9 Å². The topological polar surface area (TPSA) is 135 Å². The van der Waals surface area contributed by atoms with E-state index in [0.717, 1.165) is 12.0 Å². The van der Waals surface area contributed by atoms with E-state index in [1.165, 1.54) is 6.92 Å². The zero-order chi connectivity index (χ0) is 30.2. The zero-order valence-corrected chi connectivity index (χ0v) is 25.3. The Bertz CT molecular complexity index is 920. The zero-order valence-electron chi connectivity index (χ0n) is 25.3. The summed E-state index contributed by atoms with van der Waals surface area (Å²) in [4.78, 5) is 24.3. The molecule has 11 atom stereocenters. The second-order valence-corrected chi connectivity index (χ2v) is 11.7. The van der Waals surface area contributed by atoms with Crippen molar-refractivity contribution in [2.24, 2.45) is 17.8 Å². The number of rotatable bonds is 10. The van der Waals surface area contributed by atoms with E-state index in [1.807, 2.05) is 39.0 Å². The van der Waals surface area contributed by atoms with Crippen molar-refractivity contribution in [1.29, 1.82) is 0 Å². The molecule has 0 aromatic rings. The van der Waals surface area contributed by atoms with Crippen molar-refractivity contribution in [3.63, 3.8) is 0 Å². The van der Waals surface area contributed by atoms with Crippen LogP contribution in [-0.4, -0.2) is 82.7 Å². The molecule has 40 heavy (non-hydrogen) atoms. The molecule has 0 amide bonds. The smallest absolute Gasteiger partial charge is 0.309 e. The van der Waals surface area contributed by atoms with Crippen LogP contribution in [0.4, 0.5) is 0 Å². The number of cyclic esters (lactones) is 1. The second-order valence-electron chi connectivity index (χ2n) is 11.7. The number of allylic oxidation sites excluding steroid dienone is 2. The van der Waals surface area contributed by atoms with Gasteiger partial charge in [0.1, 0.15) is 23.9 Å². The first-order valence-electron chi connectivity index (χ1n) is 14.4. The number of methoxy groups -OCH3 is 1. The Kier molecular flexibility index (Phi) is 13.0. The lowest BCUT2D eigenvalue weighted by molar-refractivity contribution is -0.157. The first-order chi connectivity index (χ1) is 18.7. The molecule has 0 aromatic heterocycles. The van der Waals surface area contributed by atoms with E-state index in [1.54, 1.807) is 26.2 Å². The Morgan fingerprint density at radius 1 is 1.25 bits per heavy atom. The molecule has 0 aliphatic carbocycles. The summed E-state index contributed by atoms with van der Waals surface area (Å²) in [5, 5.41) is 32.2. The average Bonchev–Trinajstić information content (AvgIpc) is 3.68. The molecule has 9 nitrogen and oxygen atoms in total. The van der Waals surface area contributed by atoms with Crippen LogP contribution >= 0.6 is 0 Å². The second kappa shape index (κ2) is 15.3. The summed E-state index contributed by atoms with van der Waals surface area (Å²) in [6.07, 6.45) is 6.42. The predicted octanol–water partition coefficient (Wildman–Crippen LogP) is 3.65. The predicted molar refractivity (Wildman–Crippen MR) is 151 cm³/mol. The van der Waals surface area contributed by atoms with Crippen LogP contribution < -0.4 is 0 Å². The summed E-state index contributed by atoms with van der Waals surface area (Å²) < 4.78 is 22.5. The van der Waals surface area contributed by atoms with Crippen molar-refractivity contribution in [3.05, 3.63) is 36.0 Å². The molecule has 228 valence electrons. The summed E-state index contributed by atoms with van der Waals surface area (Å²) in [5.74, 6) is -1.39. The molecule has 0 saturated carbocycles. The molecule has 2 aliphatic heterocycles. The summed E-state index contributed by atoms with van der Waals surface area (Å²) in [5.41, 5.74) is -0.666. The maximum Gasteiger partial charge on any atom is 0.309 e. The molecule has 2 aliphatic rings. The molecule has 0 radical (unpaired) electrons. The van der Waals surface area contributed by atoms with Crippen LogP contribution in [0.2, 0.25) is 0 Å². The highest BCUT2D eigenvalue weighted by molar-refractivity contribution is 5.70. The van der Waals surface area contributed by atoms with Gasteiger partial charge < -0.3 is 34.3 Å². The van der Waals surface area contributed by atoms with E-state index in [2.05, 4.69) is 13.8 Å². The lowest BCUT2D eigenvalue weighted by atomic mass is 9.88. The normalized spacial score (nSPS) is 35.2. The van der Waals surface area contributed by atoms with Gasteiger partial charge in [0.25, 0.3) is 0 Å². The minimum absolute atomic E-state index is 0.0387. The van der Waals surface area contributed by atoms with E-state index in [9.17, 15) is 24.9 Å². The molecule has 0 spiro atoms. The highest BCUT2D eigenvalue weighted by Crippen LogP contribution is 2.37. The molecule has 9 heteroatoms. The van der Waals surface area contributed by atoms with Crippen molar-refractivity contribution in [2.75, 3.05) is 7.11 Å². The molecule has 2 rings (SSSR count). The number of carbonyl (C=O) groups is 2. The van der Waals surface area contributed by atoms with Crippen molar-refractivity contribution in [3.8, 4) is 0 Å². The summed E-state index contributed by atoms with van der Waals surface area (Å²) >= 11 is 0. The Morgan fingerprint density at radius 2 is 1.93 bits per heavy atom. The average molecular weight is 567 g/mol. The van der Waals surface area contributed by atoms with Gasteiger partial charge in [-0.1, -0.05) is 52.0 Å². The SMILES string of the molecule is CCC(OC)C(C)C1OC1C(O)C(C)/C=C/C=C(\C)C1OC(=O)CC(O)CCC(C)(O)C(OC(C)=O)C=CC1C.